The van der Waals surface area contributed by atoms with Gasteiger partial charge in [-0.1, -0.05) is 12.8 Å². The standard InChI is InChI=1S/C20H28N4O5/c25-19(23-9-3-1-2-4-10-23)7-8-21-20(26)17-15-16(24(27)28)5-6-18(17)22-11-13-29-14-12-22/h5-6,15H,1-4,7-14H2,(H,21,26). The summed E-state index contributed by atoms with van der Waals surface area (Å²) in [5, 5.41) is 13.9. The van der Waals surface area contributed by atoms with Gasteiger partial charge in [0.25, 0.3) is 11.6 Å². The second-order valence-electron chi connectivity index (χ2n) is 7.36. The van der Waals surface area contributed by atoms with E-state index in [2.05, 4.69) is 5.32 Å². The molecule has 2 saturated heterocycles. The second kappa shape index (κ2) is 10.2. The van der Waals surface area contributed by atoms with E-state index in [1.165, 1.54) is 12.1 Å². The van der Waals surface area contributed by atoms with Gasteiger partial charge in [-0.2, -0.15) is 0 Å². The molecule has 158 valence electrons. The molecule has 1 N–H and O–H groups in total. The molecule has 2 aliphatic heterocycles. The number of non-ortho nitro benzene ring substituents is 1. The Morgan fingerprint density at radius 3 is 2.41 bits per heavy atom. The van der Waals surface area contributed by atoms with Gasteiger partial charge >= 0.3 is 0 Å². The van der Waals surface area contributed by atoms with Crippen molar-refractivity contribution >= 4 is 23.2 Å². The average Bonchev–Trinajstić information content (AvgIpc) is 3.03. The molecule has 0 unspecified atom stereocenters. The Morgan fingerprint density at radius 1 is 1.07 bits per heavy atom. The lowest BCUT2D eigenvalue weighted by Crippen LogP contribution is -2.38. The highest BCUT2D eigenvalue weighted by atomic mass is 16.6. The first-order chi connectivity index (χ1) is 14.1. The summed E-state index contributed by atoms with van der Waals surface area (Å²) in [6.07, 6.45) is 4.58. The number of carbonyl (C=O) groups excluding carboxylic acids is 2. The molecule has 0 aromatic heterocycles. The molecule has 1 aromatic carbocycles. The van der Waals surface area contributed by atoms with Gasteiger partial charge in [-0.3, -0.25) is 19.7 Å². The van der Waals surface area contributed by atoms with Crippen LogP contribution in [0.2, 0.25) is 0 Å². The third kappa shape index (κ3) is 5.66. The molecule has 0 aliphatic carbocycles. The maximum Gasteiger partial charge on any atom is 0.270 e. The monoisotopic (exact) mass is 404 g/mol. The number of nitrogens with one attached hydrogen (secondary N) is 1. The fraction of sp³-hybridized carbons (Fsp3) is 0.600. The van der Waals surface area contributed by atoms with Crippen LogP contribution in [0, 0.1) is 10.1 Å². The van der Waals surface area contributed by atoms with Crippen LogP contribution < -0.4 is 10.2 Å². The van der Waals surface area contributed by atoms with Crippen LogP contribution in [0.15, 0.2) is 18.2 Å². The lowest BCUT2D eigenvalue weighted by atomic mass is 10.1. The zero-order valence-electron chi connectivity index (χ0n) is 16.6. The number of hydrogen-bond acceptors (Lipinski definition) is 6. The molecular formula is C20H28N4O5. The van der Waals surface area contributed by atoms with E-state index in [9.17, 15) is 19.7 Å². The van der Waals surface area contributed by atoms with E-state index >= 15 is 0 Å². The zero-order chi connectivity index (χ0) is 20.6. The number of hydrogen-bond donors (Lipinski definition) is 1. The molecular weight excluding hydrogens is 376 g/mol. The van der Waals surface area contributed by atoms with Gasteiger partial charge in [-0.15, -0.1) is 0 Å². The molecule has 0 atom stereocenters. The summed E-state index contributed by atoms with van der Waals surface area (Å²) in [5.41, 5.74) is 0.770. The van der Waals surface area contributed by atoms with Crippen LogP contribution in [0.3, 0.4) is 0 Å². The molecule has 0 bridgehead atoms. The van der Waals surface area contributed by atoms with Gasteiger partial charge in [0.2, 0.25) is 5.91 Å². The van der Waals surface area contributed by atoms with Crippen LogP contribution >= 0.6 is 0 Å². The normalized spacial score (nSPS) is 17.5. The summed E-state index contributed by atoms with van der Waals surface area (Å²) in [5.74, 6) is -0.362. The van der Waals surface area contributed by atoms with E-state index in [0.29, 0.717) is 32.0 Å². The number of likely N-dealkylation sites (tertiary alicyclic amines) is 1. The highest BCUT2D eigenvalue weighted by molar-refractivity contribution is 6.00. The van der Waals surface area contributed by atoms with Crippen molar-refractivity contribution in [1.29, 1.82) is 0 Å². The number of morpholine rings is 1. The van der Waals surface area contributed by atoms with Gasteiger partial charge in [-0.25, -0.2) is 0 Å². The number of amides is 2. The molecule has 2 amide bonds. The van der Waals surface area contributed by atoms with Crippen LogP contribution in [0.25, 0.3) is 0 Å². The summed E-state index contributed by atoms with van der Waals surface area (Å²) in [6.45, 7) is 4.08. The van der Waals surface area contributed by atoms with Crippen molar-refractivity contribution in [2.24, 2.45) is 0 Å². The van der Waals surface area contributed by atoms with E-state index in [1.54, 1.807) is 6.07 Å². The van der Waals surface area contributed by atoms with E-state index in [4.69, 9.17) is 4.74 Å². The quantitative estimate of drug-likeness (QED) is 0.574. The first kappa shape index (κ1) is 21.0. The topological polar surface area (TPSA) is 105 Å². The summed E-state index contributed by atoms with van der Waals surface area (Å²) >= 11 is 0. The third-order valence-electron chi connectivity index (χ3n) is 5.37. The molecule has 0 radical (unpaired) electrons. The predicted octanol–water partition coefficient (Wildman–Crippen LogP) is 1.95. The Kier molecular flexibility index (Phi) is 7.40. The van der Waals surface area contributed by atoms with Crippen molar-refractivity contribution in [1.82, 2.24) is 10.2 Å². The van der Waals surface area contributed by atoms with Crippen molar-refractivity contribution in [2.75, 3.05) is 50.8 Å². The molecule has 2 fully saturated rings. The molecule has 9 heteroatoms. The number of rotatable bonds is 6. The van der Waals surface area contributed by atoms with Crippen molar-refractivity contribution in [3.8, 4) is 0 Å². The van der Waals surface area contributed by atoms with Crippen LogP contribution in [0.1, 0.15) is 42.5 Å². The molecule has 0 spiro atoms. The lowest BCUT2D eigenvalue weighted by Gasteiger charge is -2.30. The zero-order valence-corrected chi connectivity index (χ0v) is 16.6. The summed E-state index contributed by atoms with van der Waals surface area (Å²) in [6, 6.07) is 4.32. The number of benzene rings is 1. The average molecular weight is 404 g/mol. The molecule has 2 heterocycles. The maximum absolute atomic E-state index is 12.8. The largest absolute Gasteiger partial charge is 0.378 e. The van der Waals surface area contributed by atoms with Crippen LogP contribution in [0.4, 0.5) is 11.4 Å². The molecule has 3 rings (SSSR count). The van der Waals surface area contributed by atoms with Crippen LogP contribution in [0.5, 0.6) is 0 Å². The number of carbonyl (C=O) groups is 2. The van der Waals surface area contributed by atoms with Gasteiger partial charge in [-0.05, 0) is 18.9 Å². The third-order valence-corrected chi connectivity index (χ3v) is 5.37. The van der Waals surface area contributed by atoms with Gasteiger partial charge < -0.3 is 19.9 Å². The van der Waals surface area contributed by atoms with E-state index in [1.807, 2.05) is 9.80 Å². The SMILES string of the molecule is O=C(NCCC(=O)N1CCCCCC1)c1cc([N+](=O)[O-])ccc1N1CCOCC1. The predicted molar refractivity (Wildman–Crippen MR) is 108 cm³/mol. The fourth-order valence-corrected chi connectivity index (χ4v) is 3.76. The Bertz CT molecular complexity index is 740. The number of nitro benzene ring substituents is 1. The van der Waals surface area contributed by atoms with Crippen molar-refractivity contribution in [3.05, 3.63) is 33.9 Å². The van der Waals surface area contributed by atoms with Crippen molar-refractivity contribution in [3.63, 3.8) is 0 Å². The number of ether oxygens (including phenoxy) is 1. The molecule has 29 heavy (non-hydrogen) atoms. The molecule has 9 nitrogen and oxygen atoms in total. The first-order valence-corrected chi connectivity index (χ1v) is 10.2. The van der Waals surface area contributed by atoms with E-state index < -0.39 is 10.8 Å². The minimum absolute atomic E-state index is 0.0413. The summed E-state index contributed by atoms with van der Waals surface area (Å²) in [7, 11) is 0. The minimum Gasteiger partial charge on any atom is -0.378 e. The van der Waals surface area contributed by atoms with Crippen LogP contribution in [-0.2, 0) is 9.53 Å². The second-order valence-corrected chi connectivity index (χ2v) is 7.36. The Balaban J connectivity index is 1.64. The van der Waals surface area contributed by atoms with Gasteiger partial charge in [0.05, 0.1) is 29.4 Å². The highest BCUT2D eigenvalue weighted by Gasteiger charge is 2.22. The van der Waals surface area contributed by atoms with E-state index in [-0.39, 0.29) is 30.1 Å². The molecule has 2 aliphatic rings. The number of nitrogens with zero attached hydrogens (tertiary/aromatic N) is 3. The smallest absolute Gasteiger partial charge is 0.270 e. The van der Waals surface area contributed by atoms with Gasteiger partial charge in [0.1, 0.15) is 0 Å². The maximum atomic E-state index is 12.8. The van der Waals surface area contributed by atoms with Crippen molar-refractivity contribution in [2.45, 2.75) is 32.1 Å². The number of anilines is 1. The number of nitro groups is 1. The first-order valence-electron chi connectivity index (χ1n) is 10.2. The van der Waals surface area contributed by atoms with Crippen molar-refractivity contribution < 1.29 is 19.2 Å². The Hall–Kier alpha value is -2.68. The summed E-state index contributed by atoms with van der Waals surface area (Å²) < 4.78 is 5.35. The van der Waals surface area contributed by atoms with Gasteiger partial charge in [0, 0.05) is 51.3 Å². The highest BCUT2D eigenvalue weighted by Crippen LogP contribution is 2.26. The summed E-state index contributed by atoms with van der Waals surface area (Å²) in [4.78, 5) is 39.7. The minimum atomic E-state index is -0.511. The van der Waals surface area contributed by atoms with Crippen LogP contribution in [-0.4, -0.2) is 67.6 Å². The molecule has 0 saturated carbocycles. The lowest BCUT2D eigenvalue weighted by molar-refractivity contribution is -0.384. The van der Waals surface area contributed by atoms with E-state index in [0.717, 1.165) is 38.8 Å². The molecule has 1 aromatic rings. The fourth-order valence-electron chi connectivity index (χ4n) is 3.76. The Labute approximate surface area is 170 Å². The van der Waals surface area contributed by atoms with Gasteiger partial charge in [0.15, 0.2) is 0 Å². The Morgan fingerprint density at radius 2 is 1.76 bits per heavy atom.